The van der Waals surface area contributed by atoms with Crippen LogP contribution in [0.15, 0.2) is 42.5 Å². The lowest BCUT2D eigenvalue weighted by Gasteiger charge is -2.16. The van der Waals surface area contributed by atoms with Crippen LogP contribution in [0, 0.1) is 0 Å². The Morgan fingerprint density at radius 1 is 0.964 bits per heavy atom. The van der Waals surface area contributed by atoms with Gasteiger partial charge in [-0.05, 0) is 31.5 Å². The lowest BCUT2D eigenvalue weighted by atomic mass is 10.0. The van der Waals surface area contributed by atoms with Gasteiger partial charge < -0.3 is 19.9 Å². The number of carbonyl (C=O) groups excluding carboxylic acids is 3. The predicted molar refractivity (Wildman–Crippen MR) is 103 cm³/mol. The van der Waals surface area contributed by atoms with Crippen molar-refractivity contribution in [3.63, 3.8) is 0 Å². The van der Waals surface area contributed by atoms with Gasteiger partial charge in [0.2, 0.25) is 0 Å². The maximum atomic E-state index is 12.2. The summed E-state index contributed by atoms with van der Waals surface area (Å²) in [5.74, 6) is -1.39. The topological polar surface area (TPSA) is 105 Å². The Morgan fingerprint density at radius 2 is 1.68 bits per heavy atom. The molecule has 7 nitrogen and oxygen atoms in total. The Labute approximate surface area is 163 Å². The van der Waals surface area contributed by atoms with E-state index >= 15 is 0 Å². The molecule has 2 N–H and O–H groups in total. The molecule has 0 saturated carbocycles. The van der Waals surface area contributed by atoms with E-state index in [9.17, 15) is 14.4 Å². The normalized spacial score (nSPS) is 10.4. The summed E-state index contributed by atoms with van der Waals surface area (Å²) in [5.41, 5.74) is 6.48. The molecule has 0 aliphatic carbocycles. The molecule has 0 fully saturated rings. The van der Waals surface area contributed by atoms with Crippen molar-refractivity contribution >= 4 is 17.5 Å². The fourth-order valence-corrected chi connectivity index (χ4v) is 2.54. The fourth-order valence-electron chi connectivity index (χ4n) is 2.54. The van der Waals surface area contributed by atoms with Crippen molar-refractivity contribution in [2.24, 2.45) is 5.73 Å². The van der Waals surface area contributed by atoms with Gasteiger partial charge in [0, 0.05) is 6.54 Å². The Morgan fingerprint density at radius 3 is 2.29 bits per heavy atom. The quantitative estimate of drug-likeness (QED) is 0.381. The molecule has 0 amide bonds. The standard InChI is InChI=1S/C21H23NO6/c1-14(23)17-8-9-18(27-11-10-22)20(15(2)24)21(17)28-19(25)13-26-12-16-6-4-3-5-7-16/h3-9H,10-13,22H2,1-2H3. The highest BCUT2D eigenvalue weighted by atomic mass is 16.6. The third-order valence-corrected chi connectivity index (χ3v) is 3.77. The fraction of sp³-hybridized carbons (Fsp3) is 0.286. The van der Waals surface area contributed by atoms with Gasteiger partial charge in [-0.25, -0.2) is 4.79 Å². The van der Waals surface area contributed by atoms with Crippen LogP contribution >= 0.6 is 0 Å². The molecule has 0 spiro atoms. The monoisotopic (exact) mass is 385 g/mol. The largest absolute Gasteiger partial charge is 0.491 e. The lowest BCUT2D eigenvalue weighted by Crippen LogP contribution is -2.20. The van der Waals surface area contributed by atoms with E-state index in [1.54, 1.807) is 0 Å². The average molecular weight is 385 g/mol. The molecule has 2 aromatic carbocycles. The molecule has 0 aliphatic heterocycles. The number of nitrogens with two attached hydrogens (primary N) is 1. The zero-order valence-corrected chi connectivity index (χ0v) is 15.9. The molecule has 2 aromatic rings. The van der Waals surface area contributed by atoms with Gasteiger partial charge in [-0.1, -0.05) is 30.3 Å². The SMILES string of the molecule is CC(=O)c1ccc(OCCN)c(C(C)=O)c1OC(=O)COCc1ccccc1. The molecule has 0 unspecified atom stereocenters. The van der Waals surface area contributed by atoms with Crippen LogP contribution in [0.4, 0.5) is 0 Å². The van der Waals surface area contributed by atoms with E-state index in [-0.39, 0.29) is 54.8 Å². The van der Waals surface area contributed by atoms with Crippen LogP contribution in [0.25, 0.3) is 0 Å². The highest BCUT2D eigenvalue weighted by Crippen LogP contribution is 2.33. The van der Waals surface area contributed by atoms with Crippen LogP contribution in [0.3, 0.4) is 0 Å². The van der Waals surface area contributed by atoms with Gasteiger partial charge in [0.05, 0.1) is 12.2 Å². The van der Waals surface area contributed by atoms with E-state index in [2.05, 4.69) is 0 Å². The van der Waals surface area contributed by atoms with Gasteiger partial charge in [0.25, 0.3) is 0 Å². The van der Waals surface area contributed by atoms with Crippen LogP contribution < -0.4 is 15.2 Å². The summed E-state index contributed by atoms with van der Waals surface area (Å²) in [7, 11) is 0. The number of benzene rings is 2. The van der Waals surface area contributed by atoms with Gasteiger partial charge in [-0.2, -0.15) is 0 Å². The molecule has 0 aromatic heterocycles. The van der Waals surface area contributed by atoms with Crippen LogP contribution in [-0.2, 0) is 16.1 Å². The first-order valence-corrected chi connectivity index (χ1v) is 8.78. The molecule has 7 heteroatoms. The van der Waals surface area contributed by atoms with Crippen LogP contribution in [0.5, 0.6) is 11.5 Å². The van der Waals surface area contributed by atoms with Gasteiger partial charge in [-0.3, -0.25) is 9.59 Å². The van der Waals surface area contributed by atoms with Gasteiger partial charge >= 0.3 is 5.97 Å². The summed E-state index contributed by atoms with van der Waals surface area (Å²) in [6.45, 7) is 2.94. The third-order valence-electron chi connectivity index (χ3n) is 3.77. The number of hydrogen-bond acceptors (Lipinski definition) is 7. The number of rotatable bonds is 10. The van der Waals surface area contributed by atoms with Gasteiger partial charge in [-0.15, -0.1) is 0 Å². The van der Waals surface area contributed by atoms with Crippen molar-refractivity contribution in [1.82, 2.24) is 0 Å². The number of hydrogen-bond donors (Lipinski definition) is 1. The molecule has 0 bridgehead atoms. The molecule has 0 radical (unpaired) electrons. The van der Waals surface area contributed by atoms with E-state index in [1.807, 2.05) is 30.3 Å². The summed E-state index contributed by atoms with van der Waals surface area (Å²) < 4.78 is 16.2. The van der Waals surface area contributed by atoms with Crippen molar-refractivity contribution in [3.05, 3.63) is 59.2 Å². The first kappa shape index (κ1) is 21.3. The smallest absolute Gasteiger partial charge is 0.337 e. The summed E-state index contributed by atoms with van der Waals surface area (Å²) in [6.07, 6.45) is 0. The molecular weight excluding hydrogens is 362 g/mol. The molecule has 0 aliphatic rings. The van der Waals surface area contributed by atoms with Gasteiger partial charge in [0.15, 0.2) is 17.3 Å². The molecule has 148 valence electrons. The predicted octanol–water partition coefficient (Wildman–Crippen LogP) is 2.55. The maximum Gasteiger partial charge on any atom is 0.337 e. The molecule has 28 heavy (non-hydrogen) atoms. The second kappa shape index (κ2) is 10.3. The van der Waals surface area contributed by atoms with Crippen LogP contribution in [-0.4, -0.2) is 37.3 Å². The van der Waals surface area contributed by atoms with E-state index in [0.717, 1.165) is 5.56 Å². The van der Waals surface area contributed by atoms with Crippen molar-refractivity contribution < 1.29 is 28.6 Å². The minimum absolute atomic E-state index is 0.0255. The summed E-state index contributed by atoms with van der Waals surface area (Å²) >= 11 is 0. The molecule has 0 heterocycles. The van der Waals surface area contributed by atoms with Crippen molar-refractivity contribution in [3.8, 4) is 11.5 Å². The molecule has 0 saturated heterocycles. The first-order chi connectivity index (χ1) is 13.4. The van der Waals surface area contributed by atoms with Crippen molar-refractivity contribution in [1.29, 1.82) is 0 Å². The zero-order chi connectivity index (χ0) is 20.5. The molecule has 0 atom stereocenters. The second-order valence-electron chi connectivity index (χ2n) is 6.02. The Bertz CT molecular complexity index is 847. The van der Waals surface area contributed by atoms with E-state index in [4.69, 9.17) is 19.9 Å². The minimum Gasteiger partial charge on any atom is -0.491 e. The summed E-state index contributed by atoms with van der Waals surface area (Å²) in [4.78, 5) is 36.4. The summed E-state index contributed by atoms with van der Waals surface area (Å²) in [6, 6.07) is 12.3. The first-order valence-electron chi connectivity index (χ1n) is 8.78. The Hall–Kier alpha value is -3.03. The Kier molecular flexibility index (Phi) is 7.86. The third kappa shape index (κ3) is 5.73. The van der Waals surface area contributed by atoms with Crippen molar-refractivity contribution in [2.45, 2.75) is 20.5 Å². The lowest BCUT2D eigenvalue weighted by molar-refractivity contribution is -0.139. The van der Waals surface area contributed by atoms with E-state index in [0.29, 0.717) is 0 Å². The number of ether oxygens (including phenoxy) is 3. The number of ketones is 2. The summed E-state index contributed by atoms with van der Waals surface area (Å²) in [5, 5.41) is 0. The average Bonchev–Trinajstić information content (AvgIpc) is 2.66. The van der Waals surface area contributed by atoms with Crippen LogP contribution in [0.1, 0.15) is 40.1 Å². The molecular formula is C21H23NO6. The maximum absolute atomic E-state index is 12.2. The number of esters is 1. The minimum atomic E-state index is -0.725. The highest BCUT2D eigenvalue weighted by Gasteiger charge is 2.24. The van der Waals surface area contributed by atoms with Crippen molar-refractivity contribution in [2.75, 3.05) is 19.8 Å². The van der Waals surface area contributed by atoms with E-state index in [1.165, 1.54) is 26.0 Å². The van der Waals surface area contributed by atoms with Crippen LogP contribution in [0.2, 0.25) is 0 Å². The highest BCUT2D eigenvalue weighted by molar-refractivity contribution is 6.06. The number of Topliss-reactive ketones (excluding diaryl/α,β-unsaturated/α-hetero) is 2. The van der Waals surface area contributed by atoms with E-state index < -0.39 is 11.8 Å². The molecule has 2 rings (SSSR count). The Balaban J connectivity index is 2.19. The van der Waals surface area contributed by atoms with Gasteiger partial charge in [0.1, 0.15) is 24.5 Å². The second-order valence-corrected chi connectivity index (χ2v) is 6.02. The zero-order valence-electron chi connectivity index (χ0n) is 15.9. The number of carbonyl (C=O) groups is 3.